The summed E-state index contributed by atoms with van der Waals surface area (Å²) in [6, 6.07) is 7.90. The smallest absolute Gasteiger partial charge is 0.257 e. The molecule has 0 fully saturated rings. The minimum absolute atomic E-state index is 0.0370. The molecule has 1 N–H and O–H groups in total. The molecule has 0 saturated carbocycles. The lowest BCUT2D eigenvalue weighted by atomic mass is 10.1. The molecule has 2 aromatic rings. The van der Waals surface area contributed by atoms with E-state index < -0.39 is 0 Å². The second-order valence-electron chi connectivity index (χ2n) is 5.31. The summed E-state index contributed by atoms with van der Waals surface area (Å²) in [6.45, 7) is 2.75. The van der Waals surface area contributed by atoms with Crippen molar-refractivity contribution in [1.29, 1.82) is 0 Å². The zero-order valence-electron chi connectivity index (χ0n) is 13.2. The highest BCUT2D eigenvalue weighted by Gasteiger charge is 2.03. The number of carbonyl (C=O) groups is 1. The Morgan fingerprint density at radius 3 is 2.68 bits per heavy atom. The maximum atomic E-state index is 11.7. The fraction of sp³-hybridized carbons (Fsp3) is 0.412. The van der Waals surface area contributed by atoms with Gasteiger partial charge in [0.25, 0.3) is 5.91 Å². The molecule has 0 spiro atoms. The predicted molar refractivity (Wildman–Crippen MR) is 85.9 cm³/mol. The quantitative estimate of drug-likeness (QED) is 0.812. The van der Waals surface area contributed by atoms with Crippen LogP contribution in [0, 0.1) is 0 Å². The summed E-state index contributed by atoms with van der Waals surface area (Å²) in [5.41, 5.74) is 2.25. The second kappa shape index (κ2) is 8.22. The van der Waals surface area contributed by atoms with Gasteiger partial charge < -0.3 is 14.6 Å². The van der Waals surface area contributed by atoms with Crippen LogP contribution in [0.25, 0.3) is 0 Å². The van der Waals surface area contributed by atoms with Crippen LogP contribution in [0.3, 0.4) is 0 Å². The normalized spacial score (nSPS) is 10.5. The summed E-state index contributed by atoms with van der Waals surface area (Å²) in [7, 11) is 1.93. The Balaban J connectivity index is 1.66. The maximum Gasteiger partial charge on any atom is 0.257 e. The van der Waals surface area contributed by atoms with Gasteiger partial charge in [-0.15, -0.1) is 0 Å². The predicted octanol–water partition coefficient (Wildman–Crippen LogP) is 2.11. The van der Waals surface area contributed by atoms with Gasteiger partial charge in [0.2, 0.25) is 0 Å². The summed E-state index contributed by atoms with van der Waals surface area (Å²) < 4.78 is 7.37. The molecule has 0 radical (unpaired) electrons. The second-order valence-corrected chi connectivity index (χ2v) is 5.31. The first-order valence-corrected chi connectivity index (χ1v) is 7.62. The van der Waals surface area contributed by atoms with Gasteiger partial charge in [0.15, 0.2) is 6.61 Å². The SMILES string of the molecule is CCCc1ccc(OCC(=O)NCCc2cn(C)cn2)cc1. The Morgan fingerprint density at radius 1 is 1.27 bits per heavy atom. The summed E-state index contributed by atoms with van der Waals surface area (Å²) in [5.74, 6) is 0.605. The lowest BCUT2D eigenvalue weighted by Gasteiger charge is -2.07. The number of benzene rings is 1. The highest BCUT2D eigenvalue weighted by molar-refractivity contribution is 5.77. The van der Waals surface area contributed by atoms with Crippen LogP contribution in [0.1, 0.15) is 24.6 Å². The molecule has 118 valence electrons. The van der Waals surface area contributed by atoms with Gasteiger partial charge in [-0.05, 0) is 24.1 Å². The van der Waals surface area contributed by atoms with Crippen LogP contribution in [0.5, 0.6) is 5.75 Å². The van der Waals surface area contributed by atoms with Gasteiger partial charge in [0.05, 0.1) is 12.0 Å². The number of ether oxygens (including phenoxy) is 1. The first-order chi connectivity index (χ1) is 10.7. The van der Waals surface area contributed by atoms with Crippen LogP contribution >= 0.6 is 0 Å². The first-order valence-electron chi connectivity index (χ1n) is 7.62. The highest BCUT2D eigenvalue weighted by atomic mass is 16.5. The number of hydrogen-bond donors (Lipinski definition) is 1. The lowest BCUT2D eigenvalue weighted by molar-refractivity contribution is -0.123. The summed E-state index contributed by atoms with van der Waals surface area (Å²) >= 11 is 0. The maximum absolute atomic E-state index is 11.7. The molecule has 1 aromatic heterocycles. The van der Waals surface area contributed by atoms with Gasteiger partial charge in [-0.2, -0.15) is 0 Å². The zero-order valence-corrected chi connectivity index (χ0v) is 13.2. The Morgan fingerprint density at radius 2 is 2.05 bits per heavy atom. The topological polar surface area (TPSA) is 56.1 Å². The molecule has 2 rings (SSSR count). The standard InChI is InChI=1S/C17H23N3O2/c1-3-4-14-5-7-16(8-6-14)22-12-17(21)18-10-9-15-11-20(2)13-19-15/h5-8,11,13H,3-4,9-10,12H2,1-2H3,(H,18,21). The Hall–Kier alpha value is -2.30. The van der Waals surface area contributed by atoms with E-state index in [9.17, 15) is 4.79 Å². The van der Waals surface area contributed by atoms with Crippen LogP contribution < -0.4 is 10.1 Å². The van der Waals surface area contributed by atoms with Gasteiger partial charge in [-0.3, -0.25) is 4.79 Å². The van der Waals surface area contributed by atoms with Crippen LogP contribution in [-0.4, -0.2) is 28.6 Å². The van der Waals surface area contributed by atoms with Crippen molar-refractivity contribution in [2.75, 3.05) is 13.2 Å². The van der Waals surface area contributed by atoms with E-state index in [1.54, 1.807) is 6.33 Å². The fourth-order valence-electron chi connectivity index (χ4n) is 2.17. The molecule has 0 aliphatic rings. The highest BCUT2D eigenvalue weighted by Crippen LogP contribution is 2.13. The van der Waals surface area contributed by atoms with Crippen molar-refractivity contribution in [3.8, 4) is 5.75 Å². The molecule has 0 aliphatic carbocycles. The van der Waals surface area contributed by atoms with E-state index in [2.05, 4.69) is 17.2 Å². The molecule has 0 unspecified atom stereocenters. The van der Waals surface area contributed by atoms with E-state index in [1.807, 2.05) is 42.1 Å². The molecule has 1 heterocycles. The van der Waals surface area contributed by atoms with Crippen molar-refractivity contribution in [2.24, 2.45) is 7.05 Å². The number of hydrogen-bond acceptors (Lipinski definition) is 3. The number of imidazole rings is 1. The molecule has 22 heavy (non-hydrogen) atoms. The number of nitrogens with one attached hydrogen (secondary N) is 1. The van der Waals surface area contributed by atoms with Crippen molar-refractivity contribution in [1.82, 2.24) is 14.9 Å². The summed E-state index contributed by atoms with van der Waals surface area (Å²) in [5, 5.41) is 2.83. The number of carbonyl (C=O) groups excluding carboxylic acids is 1. The van der Waals surface area contributed by atoms with Gasteiger partial charge in [0, 0.05) is 26.2 Å². The molecular weight excluding hydrogens is 278 g/mol. The number of aryl methyl sites for hydroxylation is 2. The minimum Gasteiger partial charge on any atom is -0.484 e. The minimum atomic E-state index is -0.117. The fourth-order valence-corrected chi connectivity index (χ4v) is 2.17. The molecule has 0 atom stereocenters. The van der Waals surface area contributed by atoms with Gasteiger partial charge in [-0.1, -0.05) is 25.5 Å². The first kappa shape index (κ1) is 16.1. The summed E-state index contributed by atoms with van der Waals surface area (Å²) in [4.78, 5) is 15.9. The third-order valence-corrected chi connectivity index (χ3v) is 3.29. The van der Waals surface area contributed by atoms with Crippen molar-refractivity contribution in [3.05, 3.63) is 48.0 Å². The van der Waals surface area contributed by atoms with Gasteiger partial charge >= 0.3 is 0 Å². The van der Waals surface area contributed by atoms with Crippen molar-refractivity contribution in [3.63, 3.8) is 0 Å². The van der Waals surface area contributed by atoms with E-state index in [4.69, 9.17) is 4.74 Å². The van der Waals surface area contributed by atoms with E-state index in [0.717, 1.165) is 30.7 Å². The van der Waals surface area contributed by atoms with Crippen LogP contribution in [-0.2, 0) is 24.7 Å². The van der Waals surface area contributed by atoms with Gasteiger partial charge in [0.1, 0.15) is 5.75 Å². The molecule has 5 heteroatoms. The van der Waals surface area contributed by atoms with Crippen molar-refractivity contribution >= 4 is 5.91 Å². The molecule has 1 aromatic carbocycles. The van der Waals surface area contributed by atoms with E-state index >= 15 is 0 Å². The van der Waals surface area contributed by atoms with Crippen LogP contribution in [0.2, 0.25) is 0 Å². The van der Waals surface area contributed by atoms with Crippen molar-refractivity contribution in [2.45, 2.75) is 26.2 Å². The molecule has 5 nitrogen and oxygen atoms in total. The number of nitrogens with zero attached hydrogens (tertiary/aromatic N) is 2. The molecular formula is C17H23N3O2. The summed E-state index contributed by atoms with van der Waals surface area (Å²) in [6.07, 6.45) is 6.61. The number of rotatable bonds is 8. The Kier molecular flexibility index (Phi) is 6.01. The third kappa shape index (κ3) is 5.24. The van der Waals surface area contributed by atoms with Gasteiger partial charge in [-0.25, -0.2) is 4.98 Å². The van der Waals surface area contributed by atoms with Crippen LogP contribution in [0.4, 0.5) is 0 Å². The van der Waals surface area contributed by atoms with E-state index in [0.29, 0.717) is 6.54 Å². The molecule has 1 amide bonds. The molecule has 0 saturated heterocycles. The average Bonchev–Trinajstić information content (AvgIpc) is 2.92. The van der Waals surface area contributed by atoms with Crippen molar-refractivity contribution < 1.29 is 9.53 Å². The van der Waals surface area contributed by atoms with E-state index in [-0.39, 0.29) is 12.5 Å². The largest absolute Gasteiger partial charge is 0.484 e. The monoisotopic (exact) mass is 301 g/mol. The lowest BCUT2D eigenvalue weighted by Crippen LogP contribution is -2.30. The molecule has 0 bridgehead atoms. The third-order valence-electron chi connectivity index (χ3n) is 3.29. The van der Waals surface area contributed by atoms with Crippen LogP contribution in [0.15, 0.2) is 36.8 Å². The zero-order chi connectivity index (χ0) is 15.8. The molecule has 0 aliphatic heterocycles. The van der Waals surface area contributed by atoms with E-state index in [1.165, 1.54) is 5.56 Å². The number of amides is 1. The Bertz CT molecular complexity index is 590. The Labute approximate surface area is 131 Å². The number of aromatic nitrogens is 2. The average molecular weight is 301 g/mol.